The minimum absolute atomic E-state index is 0.226. The van der Waals surface area contributed by atoms with E-state index in [0.29, 0.717) is 12.2 Å². The number of nitrogens with zero attached hydrogens (tertiary/aromatic N) is 2. The van der Waals surface area contributed by atoms with Crippen LogP contribution in [0.1, 0.15) is 21.6 Å². The number of methoxy groups -OCH3 is 1. The number of aryl methyl sites for hydroxylation is 1. The second-order valence-corrected chi connectivity index (χ2v) is 4.78. The Hall–Kier alpha value is -2.56. The molecule has 0 aliphatic carbocycles. The Labute approximate surface area is 123 Å². The van der Waals surface area contributed by atoms with Gasteiger partial charge in [0, 0.05) is 19.2 Å². The summed E-state index contributed by atoms with van der Waals surface area (Å²) in [6.45, 7) is 2.33. The zero-order chi connectivity index (χ0) is 15.4. The fourth-order valence-corrected chi connectivity index (χ4v) is 2.16. The van der Waals surface area contributed by atoms with Gasteiger partial charge in [-0.3, -0.25) is 0 Å². The van der Waals surface area contributed by atoms with Gasteiger partial charge < -0.3 is 14.7 Å². The van der Waals surface area contributed by atoms with Crippen molar-refractivity contribution in [1.29, 1.82) is 0 Å². The van der Waals surface area contributed by atoms with Crippen LogP contribution in [0.4, 0.5) is 5.82 Å². The Balaban J connectivity index is 2.22. The highest BCUT2D eigenvalue weighted by Gasteiger charge is 2.12. The van der Waals surface area contributed by atoms with E-state index in [2.05, 4.69) is 4.98 Å². The highest BCUT2D eigenvalue weighted by atomic mass is 16.5. The van der Waals surface area contributed by atoms with Crippen LogP contribution in [0.2, 0.25) is 0 Å². The number of para-hydroxylation sites is 1. The molecule has 0 amide bonds. The van der Waals surface area contributed by atoms with E-state index in [-0.39, 0.29) is 5.56 Å². The molecular formula is C16H18N2O3. The molecule has 110 valence electrons. The highest BCUT2D eigenvalue weighted by molar-refractivity contribution is 5.89. The number of anilines is 1. The minimum Gasteiger partial charge on any atom is -0.496 e. The van der Waals surface area contributed by atoms with Crippen molar-refractivity contribution in [3.8, 4) is 5.75 Å². The lowest BCUT2D eigenvalue weighted by Gasteiger charge is -2.20. The van der Waals surface area contributed by atoms with E-state index in [1.54, 1.807) is 26.2 Å². The van der Waals surface area contributed by atoms with Crippen LogP contribution in [0.5, 0.6) is 5.75 Å². The van der Waals surface area contributed by atoms with E-state index in [1.807, 2.05) is 36.2 Å². The van der Waals surface area contributed by atoms with Gasteiger partial charge in [-0.15, -0.1) is 0 Å². The van der Waals surface area contributed by atoms with Gasteiger partial charge in [-0.05, 0) is 25.1 Å². The van der Waals surface area contributed by atoms with Gasteiger partial charge in [0.05, 0.1) is 18.4 Å². The smallest absolute Gasteiger partial charge is 0.337 e. The van der Waals surface area contributed by atoms with Crippen LogP contribution >= 0.6 is 0 Å². The SMILES string of the molecule is COc1ccccc1CN(C)c1ccc(C(=O)O)c(C)n1. The van der Waals surface area contributed by atoms with Crippen LogP contribution in [0.15, 0.2) is 36.4 Å². The van der Waals surface area contributed by atoms with E-state index in [4.69, 9.17) is 9.84 Å². The molecule has 0 unspecified atom stereocenters. The van der Waals surface area contributed by atoms with Gasteiger partial charge in [0.15, 0.2) is 0 Å². The molecule has 2 rings (SSSR count). The average Bonchev–Trinajstić information content (AvgIpc) is 2.47. The number of ether oxygens (including phenoxy) is 1. The third-order valence-electron chi connectivity index (χ3n) is 3.29. The fraction of sp³-hybridized carbons (Fsp3) is 0.250. The standard InChI is InChI=1S/C16H18N2O3/c1-11-13(16(19)20)8-9-15(17-11)18(2)10-12-6-4-5-7-14(12)21-3/h4-9H,10H2,1-3H3,(H,19,20). The fourth-order valence-electron chi connectivity index (χ4n) is 2.16. The maximum absolute atomic E-state index is 11.0. The molecule has 0 aliphatic heterocycles. The first-order chi connectivity index (χ1) is 10.0. The molecule has 0 spiro atoms. The van der Waals surface area contributed by atoms with Crippen molar-refractivity contribution >= 4 is 11.8 Å². The van der Waals surface area contributed by atoms with Crippen LogP contribution in [0, 0.1) is 6.92 Å². The van der Waals surface area contributed by atoms with Crippen molar-refractivity contribution in [3.05, 3.63) is 53.2 Å². The summed E-state index contributed by atoms with van der Waals surface area (Å²) in [7, 11) is 3.55. The lowest BCUT2D eigenvalue weighted by atomic mass is 10.1. The number of rotatable bonds is 5. The molecule has 0 bridgehead atoms. The van der Waals surface area contributed by atoms with Crippen LogP contribution in [0.25, 0.3) is 0 Å². The number of carbonyl (C=O) groups is 1. The Bertz CT molecular complexity index is 656. The molecular weight excluding hydrogens is 268 g/mol. The van der Waals surface area contributed by atoms with Gasteiger partial charge in [-0.25, -0.2) is 9.78 Å². The summed E-state index contributed by atoms with van der Waals surface area (Å²) < 4.78 is 5.33. The molecule has 0 aliphatic rings. The lowest BCUT2D eigenvalue weighted by Crippen LogP contribution is -2.19. The number of pyridine rings is 1. The summed E-state index contributed by atoms with van der Waals surface area (Å²) in [6.07, 6.45) is 0. The maximum Gasteiger partial charge on any atom is 0.337 e. The van der Waals surface area contributed by atoms with Crippen LogP contribution in [-0.4, -0.2) is 30.2 Å². The number of carboxylic acids is 1. The summed E-state index contributed by atoms with van der Waals surface area (Å²) in [6, 6.07) is 11.1. The number of aromatic carboxylic acids is 1. The zero-order valence-corrected chi connectivity index (χ0v) is 12.3. The third kappa shape index (κ3) is 3.31. The largest absolute Gasteiger partial charge is 0.496 e. The second kappa shape index (κ2) is 6.26. The predicted molar refractivity (Wildman–Crippen MR) is 81.0 cm³/mol. The minimum atomic E-state index is -0.959. The summed E-state index contributed by atoms with van der Waals surface area (Å²) >= 11 is 0. The van der Waals surface area contributed by atoms with Crippen molar-refractivity contribution in [2.45, 2.75) is 13.5 Å². The van der Waals surface area contributed by atoms with Crippen molar-refractivity contribution in [2.75, 3.05) is 19.1 Å². The first-order valence-corrected chi connectivity index (χ1v) is 6.57. The van der Waals surface area contributed by atoms with Crippen LogP contribution in [-0.2, 0) is 6.54 Å². The number of carboxylic acid groups (broad SMARTS) is 1. The first kappa shape index (κ1) is 14.8. The Kier molecular flexibility index (Phi) is 4.42. The van der Waals surface area contributed by atoms with Gasteiger partial charge in [-0.2, -0.15) is 0 Å². The molecule has 0 radical (unpaired) electrons. The quantitative estimate of drug-likeness (QED) is 0.915. The predicted octanol–water partition coefficient (Wildman–Crippen LogP) is 2.73. The number of benzene rings is 1. The molecule has 0 atom stereocenters. The first-order valence-electron chi connectivity index (χ1n) is 6.57. The van der Waals surface area contributed by atoms with Crippen molar-refractivity contribution in [1.82, 2.24) is 4.98 Å². The Morgan fingerprint density at radius 3 is 2.62 bits per heavy atom. The van der Waals surface area contributed by atoms with Crippen LogP contribution in [0.3, 0.4) is 0 Å². The maximum atomic E-state index is 11.0. The van der Waals surface area contributed by atoms with Crippen molar-refractivity contribution in [3.63, 3.8) is 0 Å². The van der Waals surface area contributed by atoms with Crippen LogP contribution < -0.4 is 9.64 Å². The molecule has 1 N–H and O–H groups in total. The molecule has 1 aromatic carbocycles. The van der Waals surface area contributed by atoms with E-state index >= 15 is 0 Å². The Morgan fingerprint density at radius 1 is 1.29 bits per heavy atom. The number of hydrogen-bond donors (Lipinski definition) is 1. The summed E-state index contributed by atoms with van der Waals surface area (Å²) in [5.41, 5.74) is 1.78. The van der Waals surface area contributed by atoms with Crippen molar-refractivity contribution < 1.29 is 14.6 Å². The molecule has 21 heavy (non-hydrogen) atoms. The van der Waals surface area contributed by atoms with Gasteiger partial charge in [0.25, 0.3) is 0 Å². The monoisotopic (exact) mass is 286 g/mol. The molecule has 0 fully saturated rings. The van der Waals surface area contributed by atoms with Gasteiger partial charge in [0.2, 0.25) is 0 Å². The summed E-state index contributed by atoms with van der Waals surface area (Å²) in [5, 5.41) is 9.03. The van der Waals surface area contributed by atoms with Gasteiger partial charge in [-0.1, -0.05) is 18.2 Å². The molecule has 0 saturated heterocycles. The molecule has 2 aromatic rings. The lowest BCUT2D eigenvalue weighted by molar-refractivity contribution is 0.0695. The summed E-state index contributed by atoms with van der Waals surface area (Å²) in [4.78, 5) is 17.3. The molecule has 1 heterocycles. The van der Waals surface area contributed by atoms with E-state index < -0.39 is 5.97 Å². The molecule has 1 aromatic heterocycles. The second-order valence-electron chi connectivity index (χ2n) is 4.78. The number of aromatic nitrogens is 1. The summed E-state index contributed by atoms with van der Waals surface area (Å²) in [5.74, 6) is 0.588. The van der Waals surface area contributed by atoms with E-state index in [1.165, 1.54) is 0 Å². The van der Waals surface area contributed by atoms with Crippen molar-refractivity contribution in [2.24, 2.45) is 0 Å². The zero-order valence-electron chi connectivity index (χ0n) is 12.3. The number of hydrogen-bond acceptors (Lipinski definition) is 4. The Morgan fingerprint density at radius 2 is 2.00 bits per heavy atom. The third-order valence-corrected chi connectivity index (χ3v) is 3.29. The van der Waals surface area contributed by atoms with E-state index in [0.717, 1.165) is 17.1 Å². The van der Waals surface area contributed by atoms with E-state index in [9.17, 15) is 4.79 Å². The molecule has 0 saturated carbocycles. The molecule has 5 nitrogen and oxygen atoms in total. The van der Waals surface area contributed by atoms with Gasteiger partial charge >= 0.3 is 5.97 Å². The average molecular weight is 286 g/mol. The highest BCUT2D eigenvalue weighted by Crippen LogP contribution is 2.21. The van der Waals surface area contributed by atoms with Gasteiger partial charge in [0.1, 0.15) is 11.6 Å². The molecule has 5 heteroatoms. The topological polar surface area (TPSA) is 62.7 Å². The normalized spacial score (nSPS) is 10.2.